The zero-order valence-corrected chi connectivity index (χ0v) is 16.6. The molecule has 2 aromatic rings. The second-order valence-corrected chi connectivity index (χ2v) is 8.55. The lowest BCUT2D eigenvalue weighted by Crippen LogP contribution is -2.48. The normalized spacial score (nSPS) is 15.9. The van der Waals surface area contributed by atoms with Crippen molar-refractivity contribution >= 4 is 27.3 Å². The minimum Gasteiger partial charge on any atom is -0.495 e. The minimum atomic E-state index is -3.45. The fourth-order valence-electron chi connectivity index (χ4n) is 3.08. The predicted octanol–water partition coefficient (Wildman–Crippen LogP) is 3.42. The molecule has 0 unspecified atom stereocenters. The third kappa shape index (κ3) is 3.82. The summed E-state index contributed by atoms with van der Waals surface area (Å²) >= 11 is 6.20. The maximum Gasteiger partial charge on any atom is 0.243 e. The number of halogens is 1. The van der Waals surface area contributed by atoms with Gasteiger partial charge in [0.15, 0.2) is 0 Å². The number of nitrogens with zero attached hydrogens (tertiary/aromatic N) is 2. The van der Waals surface area contributed by atoms with Crippen LogP contribution in [0, 0.1) is 0 Å². The van der Waals surface area contributed by atoms with E-state index in [0.29, 0.717) is 41.8 Å². The first kappa shape index (κ1) is 19.0. The van der Waals surface area contributed by atoms with Crippen LogP contribution in [-0.4, -0.2) is 46.0 Å². The van der Waals surface area contributed by atoms with Crippen molar-refractivity contribution in [2.45, 2.75) is 18.2 Å². The number of ether oxygens (including phenoxy) is 1. The van der Waals surface area contributed by atoms with Crippen LogP contribution in [0.25, 0.3) is 0 Å². The van der Waals surface area contributed by atoms with Crippen molar-refractivity contribution in [3.63, 3.8) is 0 Å². The molecule has 1 aliphatic heterocycles. The standard InChI is InChI=1S/C19H23ClN2O3S/c1-3-15-4-7-17(8-5-15)26(23,24)22-12-10-21(11-13-22)16-6-9-19(25-2)18(20)14-16/h4-9,14H,3,10-13H2,1-2H3. The smallest absolute Gasteiger partial charge is 0.243 e. The van der Waals surface area contributed by atoms with E-state index in [1.54, 1.807) is 23.5 Å². The van der Waals surface area contributed by atoms with Crippen molar-refractivity contribution < 1.29 is 13.2 Å². The van der Waals surface area contributed by atoms with E-state index in [-0.39, 0.29) is 0 Å². The van der Waals surface area contributed by atoms with E-state index < -0.39 is 10.0 Å². The van der Waals surface area contributed by atoms with Crippen LogP contribution >= 0.6 is 11.6 Å². The quantitative estimate of drug-likeness (QED) is 0.779. The van der Waals surface area contributed by atoms with Crippen LogP contribution in [0.5, 0.6) is 5.75 Å². The lowest BCUT2D eigenvalue weighted by Gasteiger charge is -2.35. The highest BCUT2D eigenvalue weighted by atomic mass is 35.5. The molecule has 0 spiro atoms. The first-order chi connectivity index (χ1) is 12.5. The highest BCUT2D eigenvalue weighted by Crippen LogP contribution is 2.30. The van der Waals surface area contributed by atoms with Gasteiger partial charge in [-0.15, -0.1) is 0 Å². The van der Waals surface area contributed by atoms with Gasteiger partial charge < -0.3 is 9.64 Å². The fourth-order valence-corrected chi connectivity index (χ4v) is 4.76. The van der Waals surface area contributed by atoms with Gasteiger partial charge in [-0.05, 0) is 42.3 Å². The highest BCUT2D eigenvalue weighted by Gasteiger charge is 2.28. The molecule has 5 nitrogen and oxygen atoms in total. The molecule has 26 heavy (non-hydrogen) atoms. The van der Waals surface area contributed by atoms with Crippen LogP contribution in [0.2, 0.25) is 5.02 Å². The van der Waals surface area contributed by atoms with E-state index in [1.165, 1.54) is 0 Å². The average Bonchev–Trinajstić information content (AvgIpc) is 2.68. The summed E-state index contributed by atoms with van der Waals surface area (Å²) in [6.45, 7) is 4.18. The van der Waals surface area contributed by atoms with Gasteiger partial charge in [0, 0.05) is 31.9 Å². The molecule has 0 N–H and O–H groups in total. The molecule has 2 aromatic carbocycles. The summed E-state index contributed by atoms with van der Waals surface area (Å²) in [5.41, 5.74) is 2.10. The molecule has 0 bridgehead atoms. The first-order valence-electron chi connectivity index (χ1n) is 8.63. The Hall–Kier alpha value is -1.76. The van der Waals surface area contributed by atoms with E-state index >= 15 is 0 Å². The molecule has 0 aliphatic carbocycles. The molecule has 0 saturated carbocycles. The van der Waals surface area contributed by atoms with E-state index in [4.69, 9.17) is 16.3 Å². The van der Waals surface area contributed by atoms with Crippen LogP contribution in [0.1, 0.15) is 12.5 Å². The third-order valence-electron chi connectivity index (χ3n) is 4.71. The van der Waals surface area contributed by atoms with Crippen molar-refractivity contribution in [2.75, 3.05) is 38.2 Å². The summed E-state index contributed by atoms with van der Waals surface area (Å²) in [4.78, 5) is 2.49. The maximum atomic E-state index is 12.8. The second kappa shape index (κ2) is 7.86. The largest absolute Gasteiger partial charge is 0.495 e. The van der Waals surface area contributed by atoms with Crippen molar-refractivity contribution in [1.82, 2.24) is 4.31 Å². The average molecular weight is 395 g/mol. The summed E-state index contributed by atoms with van der Waals surface area (Å²) < 4.78 is 32.4. The SMILES string of the molecule is CCc1ccc(S(=O)(=O)N2CCN(c3ccc(OC)c(Cl)c3)CC2)cc1. The second-order valence-electron chi connectivity index (χ2n) is 6.21. The van der Waals surface area contributed by atoms with Gasteiger partial charge in [0.1, 0.15) is 5.75 Å². The molecule has 0 aromatic heterocycles. The zero-order valence-electron chi connectivity index (χ0n) is 15.0. The third-order valence-corrected chi connectivity index (χ3v) is 6.92. The summed E-state index contributed by atoms with van der Waals surface area (Å²) in [5, 5.41) is 0.552. The number of rotatable bonds is 5. The van der Waals surface area contributed by atoms with Crippen LogP contribution in [0.4, 0.5) is 5.69 Å². The summed E-state index contributed by atoms with van der Waals surface area (Å²) in [6.07, 6.45) is 0.892. The Morgan fingerprint density at radius 3 is 2.23 bits per heavy atom. The van der Waals surface area contributed by atoms with E-state index in [9.17, 15) is 8.42 Å². The number of sulfonamides is 1. The molecule has 3 rings (SSSR count). The van der Waals surface area contributed by atoms with Gasteiger partial charge in [-0.3, -0.25) is 0 Å². The Morgan fingerprint density at radius 1 is 1.04 bits per heavy atom. The number of anilines is 1. The van der Waals surface area contributed by atoms with Crippen LogP contribution in [0.3, 0.4) is 0 Å². The maximum absolute atomic E-state index is 12.8. The first-order valence-corrected chi connectivity index (χ1v) is 10.4. The Kier molecular flexibility index (Phi) is 5.75. The molecule has 0 atom stereocenters. The van der Waals surface area contributed by atoms with Crippen molar-refractivity contribution in [2.24, 2.45) is 0 Å². The lowest BCUT2D eigenvalue weighted by atomic mass is 10.2. The van der Waals surface area contributed by atoms with Gasteiger partial charge in [0.05, 0.1) is 17.0 Å². The molecule has 1 heterocycles. The Bertz CT molecular complexity index is 861. The number of benzene rings is 2. The van der Waals surface area contributed by atoms with Gasteiger partial charge in [-0.2, -0.15) is 4.31 Å². The summed E-state index contributed by atoms with van der Waals surface area (Å²) in [7, 11) is -1.87. The topological polar surface area (TPSA) is 49.9 Å². The van der Waals surface area contributed by atoms with Crippen molar-refractivity contribution in [1.29, 1.82) is 0 Å². The lowest BCUT2D eigenvalue weighted by molar-refractivity contribution is 0.384. The Balaban J connectivity index is 1.70. The van der Waals surface area contributed by atoms with Gasteiger partial charge in [-0.1, -0.05) is 30.7 Å². The fraction of sp³-hybridized carbons (Fsp3) is 0.368. The molecule has 0 radical (unpaired) electrons. The minimum absolute atomic E-state index is 0.357. The number of hydrogen-bond acceptors (Lipinski definition) is 4. The van der Waals surface area contributed by atoms with Crippen molar-refractivity contribution in [3.05, 3.63) is 53.1 Å². The van der Waals surface area contributed by atoms with E-state index in [0.717, 1.165) is 17.7 Å². The monoisotopic (exact) mass is 394 g/mol. The number of piperazine rings is 1. The van der Waals surface area contributed by atoms with Gasteiger partial charge in [-0.25, -0.2) is 8.42 Å². The molecule has 7 heteroatoms. The Morgan fingerprint density at radius 2 is 1.69 bits per heavy atom. The molecule has 1 saturated heterocycles. The summed E-state index contributed by atoms with van der Waals surface area (Å²) in [5.74, 6) is 0.632. The number of aryl methyl sites for hydroxylation is 1. The molecule has 1 fully saturated rings. The van der Waals surface area contributed by atoms with Crippen LogP contribution < -0.4 is 9.64 Å². The predicted molar refractivity (Wildman–Crippen MR) is 105 cm³/mol. The van der Waals surface area contributed by atoms with E-state index in [1.807, 2.05) is 37.3 Å². The van der Waals surface area contributed by atoms with Crippen molar-refractivity contribution in [3.8, 4) is 5.75 Å². The Labute approximate surface area is 160 Å². The molecule has 0 amide bonds. The zero-order chi connectivity index (χ0) is 18.7. The van der Waals surface area contributed by atoms with Crippen LogP contribution in [-0.2, 0) is 16.4 Å². The highest BCUT2D eigenvalue weighted by molar-refractivity contribution is 7.89. The van der Waals surface area contributed by atoms with Gasteiger partial charge in [0.2, 0.25) is 10.0 Å². The number of hydrogen-bond donors (Lipinski definition) is 0. The summed E-state index contributed by atoms with van der Waals surface area (Å²) in [6, 6.07) is 12.8. The number of methoxy groups -OCH3 is 1. The van der Waals surface area contributed by atoms with Gasteiger partial charge >= 0.3 is 0 Å². The van der Waals surface area contributed by atoms with E-state index in [2.05, 4.69) is 4.90 Å². The van der Waals surface area contributed by atoms with Crippen LogP contribution in [0.15, 0.2) is 47.4 Å². The van der Waals surface area contributed by atoms with Gasteiger partial charge in [0.25, 0.3) is 0 Å². The molecule has 1 aliphatic rings. The molecule has 140 valence electrons. The molecular formula is C19H23ClN2O3S. The molecular weight excluding hydrogens is 372 g/mol.